The van der Waals surface area contributed by atoms with Crippen LogP contribution in [0.15, 0.2) is 0 Å². The van der Waals surface area contributed by atoms with E-state index in [9.17, 15) is 0 Å². The summed E-state index contributed by atoms with van der Waals surface area (Å²) in [6, 6.07) is 0. The molecule has 1 heteroatoms. The zero-order chi connectivity index (χ0) is 6.72. The highest BCUT2D eigenvalue weighted by Gasteiger charge is 2.58. The molecular formula is C9H13Cl. The summed E-state index contributed by atoms with van der Waals surface area (Å²) in [6.07, 6.45) is 6.00. The van der Waals surface area contributed by atoms with Crippen LogP contribution in [0.3, 0.4) is 0 Å². The van der Waals surface area contributed by atoms with Gasteiger partial charge in [0.1, 0.15) is 0 Å². The van der Waals surface area contributed by atoms with Gasteiger partial charge in [-0.1, -0.05) is 6.42 Å². The number of halogens is 1. The molecule has 3 rings (SSSR count). The van der Waals surface area contributed by atoms with Crippen LogP contribution >= 0.6 is 11.6 Å². The lowest BCUT2D eigenvalue weighted by Gasteiger charge is -2.15. The molecule has 0 spiro atoms. The van der Waals surface area contributed by atoms with Gasteiger partial charge < -0.3 is 0 Å². The second kappa shape index (κ2) is 1.72. The molecule has 0 aromatic carbocycles. The summed E-state index contributed by atoms with van der Waals surface area (Å²) in [5.41, 5.74) is 0. The van der Waals surface area contributed by atoms with Crippen LogP contribution in [0, 0.1) is 23.7 Å². The highest BCUT2D eigenvalue weighted by Crippen LogP contribution is 2.62. The van der Waals surface area contributed by atoms with Crippen molar-refractivity contribution in [1.82, 2.24) is 0 Å². The minimum absolute atomic E-state index is 0.593. The van der Waals surface area contributed by atoms with Crippen molar-refractivity contribution in [2.24, 2.45) is 23.7 Å². The van der Waals surface area contributed by atoms with Crippen molar-refractivity contribution in [3.8, 4) is 0 Å². The Labute approximate surface area is 66.9 Å². The average Bonchev–Trinajstić information content (AvgIpc) is 2.40. The van der Waals surface area contributed by atoms with Crippen LogP contribution in [0.25, 0.3) is 0 Å². The molecule has 0 aliphatic heterocycles. The Balaban J connectivity index is 1.87. The van der Waals surface area contributed by atoms with E-state index in [0.29, 0.717) is 5.38 Å². The van der Waals surface area contributed by atoms with E-state index in [0.717, 1.165) is 23.7 Å². The lowest BCUT2D eigenvalue weighted by Crippen LogP contribution is -2.07. The van der Waals surface area contributed by atoms with E-state index in [1.807, 2.05) is 0 Å². The van der Waals surface area contributed by atoms with Crippen LogP contribution in [-0.4, -0.2) is 5.38 Å². The number of alkyl halides is 1. The molecule has 5 atom stereocenters. The standard InChI is InChI=1S/C9H13Cl/c10-9-7-4-5-1-2-6(3-5)8(7)9/h5-9H,1-4H2. The Kier molecular flexibility index (Phi) is 1.01. The van der Waals surface area contributed by atoms with E-state index in [-0.39, 0.29) is 0 Å². The molecule has 0 saturated heterocycles. The van der Waals surface area contributed by atoms with Crippen molar-refractivity contribution in [3.05, 3.63) is 0 Å². The van der Waals surface area contributed by atoms with Gasteiger partial charge in [-0.15, -0.1) is 11.6 Å². The summed E-state index contributed by atoms with van der Waals surface area (Å²) in [5.74, 6) is 4.04. The number of hydrogen-bond donors (Lipinski definition) is 0. The van der Waals surface area contributed by atoms with E-state index in [1.165, 1.54) is 25.7 Å². The fourth-order valence-electron chi connectivity index (χ4n) is 3.32. The molecular weight excluding hydrogens is 144 g/mol. The Morgan fingerprint density at radius 2 is 2.00 bits per heavy atom. The van der Waals surface area contributed by atoms with Gasteiger partial charge in [-0.05, 0) is 42.9 Å². The molecule has 10 heavy (non-hydrogen) atoms. The van der Waals surface area contributed by atoms with E-state index >= 15 is 0 Å². The Morgan fingerprint density at radius 3 is 2.90 bits per heavy atom. The maximum absolute atomic E-state index is 6.15. The molecule has 2 bridgehead atoms. The minimum atomic E-state index is 0.593. The fourth-order valence-corrected chi connectivity index (χ4v) is 3.90. The molecule has 0 N–H and O–H groups in total. The van der Waals surface area contributed by atoms with Gasteiger partial charge in [0.2, 0.25) is 0 Å². The molecule has 3 fully saturated rings. The summed E-state index contributed by atoms with van der Waals surface area (Å²) < 4.78 is 0. The number of rotatable bonds is 0. The van der Waals surface area contributed by atoms with Gasteiger partial charge in [0, 0.05) is 5.38 Å². The monoisotopic (exact) mass is 156 g/mol. The molecule has 5 unspecified atom stereocenters. The van der Waals surface area contributed by atoms with E-state index in [4.69, 9.17) is 11.6 Å². The van der Waals surface area contributed by atoms with Gasteiger partial charge in [0.25, 0.3) is 0 Å². The third kappa shape index (κ3) is 0.592. The molecule has 0 amide bonds. The highest BCUT2D eigenvalue weighted by molar-refractivity contribution is 6.23. The molecule has 0 aromatic heterocycles. The third-order valence-corrected chi connectivity index (χ3v) is 4.48. The average molecular weight is 157 g/mol. The number of hydrogen-bond acceptors (Lipinski definition) is 0. The van der Waals surface area contributed by atoms with Crippen LogP contribution in [0.5, 0.6) is 0 Å². The molecule has 56 valence electrons. The summed E-state index contributed by atoms with van der Waals surface area (Å²) in [7, 11) is 0. The first-order valence-corrected chi connectivity index (χ1v) is 4.94. The third-order valence-electron chi connectivity index (χ3n) is 3.86. The Hall–Kier alpha value is 0.290. The smallest absolute Gasteiger partial charge is 0.0401 e. The van der Waals surface area contributed by atoms with Gasteiger partial charge in [-0.2, -0.15) is 0 Å². The second-order valence-corrected chi connectivity index (χ2v) is 4.86. The summed E-state index contributed by atoms with van der Waals surface area (Å²) in [5, 5.41) is 0.593. The normalized spacial score (nSPS) is 63.9. The molecule has 0 aromatic rings. The van der Waals surface area contributed by atoms with Crippen molar-refractivity contribution in [3.63, 3.8) is 0 Å². The van der Waals surface area contributed by atoms with Crippen molar-refractivity contribution in [2.75, 3.05) is 0 Å². The van der Waals surface area contributed by atoms with Crippen LogP contribution in [-0.2, 0) is 0 Å². The summed E-state index contributed by atoms with van der Waals surface area (Å²) in [6.45, 7) is 0. The van der Waals surface area contributed by atoms with Gasteiger partial charge >= 0.3 is 0 Å². The van der Waals surface area contributed by atoms with Crippen LogP contribution in [0.2, 0.25) is 0 Å². The maximum atomic E-state index is 6.15. The quantitative estimate of drug-likeness (QED) is 0.473. The predicted molar refractivity (Wildman–Crippen MR) is 42.1 cm³/mol. The molecule has 3 aliphatic carbocycles. The molecule has 0 nitrogen and oxygen atoms in total. The van der Waals surface area contributed by atoms with Crippen molar-refractivity contribution < 1.29 is 0 Å². The lowest BCUT2D eigenvalue weighted by atomic mass is 9.89. The first kappa shape index (κ1) is 5.88. The van der Waals surface area contributed by atoms with Crippen LogP contribution in [0.4, 0.5) is 0 Å². The van der Waals surface area contributed by atoms with Gasteiger partial charge in [0.15, 0.2) is 0 Å². The zero-order valence-corrected chi connectivity index (χ0v) is 6.85. The van der Waals surface area contributed by atoms with E-state index < -0.39 is 0 Å². The topological polar surface area (TPSA) is 0 Å². The Bertz CT molecular complexity index is 166. The van der Waals surface area contributed by atoms with Crippen molar-refractivity contribution >= 4 is 11.6 Å². The van der Waals surface area contributed by atoms with Crippen LogP contribution < -0.4 is 0 Å². The van der Waals surface area contributed by atoms with Crippen LogP contribution in [0.1, 0.15) is 25.7 Å². The second-order valence-electron chi connectivity index (χ2n) is 4.36. The van der Waals surface area contributed by atoms with Gasteiger partial charge in [-0.25, -0.2) is 0 Å². The van der Waals surface area contributed by atoms with E-state index in [2.05, 4.69) is 0 Å². The first-order chi connectivity index (χ1) is 4.86. The summed E-state index contributed by atoms with van der Waals surface area (Å²) >= 11 is 6.15. The minimum Gasteiger partial charge on any atom is -0.122 e. The molecule has 3 saturated carbocycles. The predicted octanol–water partition coefficient (Wildman–Crippen LogP) is 2.66. The largest absolute Gasteiger partial charge is 0.122 e. The zero-order valence-electron chi connectivity index (χ0n) is 6.09. The fraction of sp³-hybridized carbons (Fsp3) is 1.00. The lowest BCUT2D eigenvalue weighted by molar-refractivity contribution is 0.340. The Morgan fingerprint density at radius 1 is 1.10 bits per heavy atom. The van der Waals surface area contributed by atoms with Crippen molar-refractivity contribution in [1.29, 1.82) is 0 Å². The van der Waals surface area contributed by atoms with Crippen molar-refractivity contribution in [2.45, 2.75) is 31.1 Å². The van der Waals surface area contributed by atoms with E-state index in [1.54, 1.807) is 0 Å². The molecule has 3 aliphatic rings. The van der Waals surface area contributed by atoms with Gasteiger partial charge in [0.05, 0.1) is 0 Å². The highest BCUT2D eigenvalue weighted by atomic mass is 35.5. The maximum Gasteiger partial charge on any atom is 0.0401 e. The molecule has 0 radical (unpaired) electrons. The van der Waals surface area contributed by atoms with Gasteiger partial charge in [-0.3, -0.25) is 0 Å². The summed E-state index contributed by atoms with van der Waals surface area (Å²) in [4.78, 5) is 0. The first-order valence-electron chi connectivity index (χ1n) is 4.50. The molecule has 0 heterocycles. The SMILES string of the molecule is ClC1C2CC3CCC(C3)C12. The number of fused-ring (bicyclic) bond motifs is 4.